The first kappa shape index (κ1) is 14.1. The molecule has 0 radical (unpaired) electrons. The number of fused-ring (bicyclic) bond motifs is 2. The van der Waals surface area contributed by atoms with Crippen LogP contribution in [-0.2, 0) is 5.75 Å². The van der Waals surface area contributed by atoms with Gasteiger partial charge in [-0.1, -0.05) is 11.6 Å². The molecule has 0 aliphatic carbocycles. The number of hydrogen-bond acceptors (Lipinski definition) is 6. The van der Waals surface area contributed by atoms with Crippen LogP contribution >= 0.6 is 34.7 Å². The fourth-order valence-electron chi connectivity index (χ4n) is 2.28. The molecule has 0 unspecified atom stereocenters. The average molecular weight is 351 g/mol. The third-order valence-corrected chi connectivity index (χ3v) is 5.44. The van der Waals surface area contributed by atoms with Crippen LogP contribution in [0.3, 0.4) is 0 Å². The molecule has 0 bridgehead atoms. The lowest BCUT2D eigenvalue weighted by molar-refractivity contribution is 0.171. The van der Waals surface area contributed by atoms with Crippen LogP contribution in [0.15, 0.2) is 34.9 Å². The van der Waals surface area contributed by atoms with Crippen molar-refractivity contribution in [3.05, 3.63) is 40.5 Å². The van der Waals surface area contributed by atoms with Crippen molar-refractivity contribution in [1.82, 2.24) is 9.97 Å². The Balaban J connectivity index is 1.59. The fourth-order valence-corrected chi connectivity index (χ4v) is 4.28. The van der Waals surface area contributed by atoms with Crippen LogP contribution in [0.5, 0.6) is 11.5 Å². The minimum Gasteiger partial charge on any atom is -0.486 e. The summed E-state index contributed by atoms with van der Waals surface area (Å²) in [5.41, 5.74) is 1.08. The molecular formula is C15H11ClN2O2S2. The number of ether oxygens (including phenoxy) is 2. The van der Waals surface area contributed by atoms with Gasteiger partial charge in [-0.3, -0.25) is 0 Å². The molecule has 112 valence electrons. The zero-order valence-corrected chi connectivity index (χ0v) is 13.8. The Labute approximate surface area is 140 Å². The fraction of sp³-hybridized carbons (Fsp3) is 0.200. The minimum absolute atomic E-state index is 0.540. The lowest BCUT2D eigenvalue weighted by Crippen LogP contribution is -2.15. The van der Waals surface area contributed by atoms with Gasteiger partial charge in [0.1, 0.15) is 29.4 Å². The Bertz CT molecular complexity index is 838. The highest BCUT2D eigenvalue weighted by Gasteiger charge is 2.17. The van der Waals surface area contributed by atoms with E-state index in [0.29, 0.717) is 24.0 Å². The predicted molar refractivity (Wildman–Crippen MR) is 89.4 cm³/mol. The molecule has 0 N–H and O–H groups in total. The molecule has 3 aromatic rings. The summed E-state index contributed by atoms with van der Waals surface area (Å²) in [6.45, 7) is 1.10. The Morgan fingerprint density at radius 1 is 1.23 bits per heavy atom. The van der Waals surface area contributed by atoms with E-state index in [9.17, 15) is 0 Å². The van der Waals surface area contributed by atoms with Crippen molar-refractivity contribution in [2.45, 2.75) is 10.8 Å². The second-order valence-corrected chi connectivity index (χ2v) is 6.97. The van der Waals surface area contributed by atoms with E-state index < -0.39 is 0 Å². The van der Waals surface area contributed by atoms with Gasteiger partial charge in [0, 0.05) is 11.1 Å². The molecule has 0 atom stereocenters. The van der Waals surface area contributed by atoms with Gasteiger partial charge in [0.05, 0.1) is 5.02 Å². The summed E-state index contributed by atoms with van der Waals surface area (Å²) in [6.07, 6.45) is 1.61. The molecule has 7 heteroatoms. The molecule has 4 nitrogen and oxygen atoms in total. The Morgan fingerprint density at radius 2 is 2.14 bits per heavy atom. The van der Waals surface area contributed by atoms with Crippen molar-refractivity contribution >= 4 is 44.9 Å². The molecule has 22 heavy (non-hydrogen) atoms. The number of rotatable bonds is 3. The van der Waals surface area contributed by atoms with E-state index in [-0.39, 0.29) is 0 Å². The number of nitrogens with zero attached hydrogens (tertiary/aromatic N) is 2. The topological polar surface area (TPSA) is 44.2 Å². The van der Waals surface area contributed by atoms with Crippen LogP contribution in [0.2, 0.25) is 5.02 Å². The molecule has 2 aromatic heterocycles. The molecule has 0 saturated carbocycles. The summed E-state index contributed by atoms with van der Waals surface area (Å²) in [6, 6.07) is 5.96. The maximum atomic E-state index is 6.27. The van der Waals surface area contributed by atoms with E-state index in [4.69, 9.17) is 21.1 Å². The average Bonchev–Trinajstić information content (AvgIpc) is 3.02. The monoisotopic (exact) mass is 350 g/mol. The molecule has 3 heterocycles. The molecule has 0 amide bonds. The molecule has 0 saturated heterocycles. The van der Waals surface area contributed by atoms with Gasteiger partial charge in [-0.2, -0.15) is 0 Å². The van der Waals surface area contributed by atoms with Gasteiger partial charge in [-0.25, -0.2) is 9.97 Å². The van der Waals surface area contributed by atoms with E-state index in [1.807, 2.05) is 17.5 Å². The number of thiophene rings is 1. The van der Waals surface area contributed by atoms with Crippen LogP contribution in [-0.4, -0.2) is 23.2 Å². The quantitative estimate of drug-likeness (QED) is 0.517. The number of thioether (sulfide) groups is 1. The first-order valence-electron chi connectivity index (χ1n) is 6.70. The van der Waals surface area contributed by atoms with Gasteiger partial charge in [0.15, 0.2) is 11.5 Å². The van der Waals surface area contributed by atoms with Gasteiger partial charge >= 0.3 is 0 Å². The highest BCUT2D eigenvalue weighted by Crippen LogP contribution is 2.40. The summed E-state index contributed by atoms with van der Waals surface area (Å²) in [7, 11) is 0. The molecule has 1 aliphatic heterocycles. The number of hydrogen-bond donors (Lipinski definition) is 0. The van der Waals surface area contributed by atoms with Crippen LogP contribution in [0, 0.1) is 0 Å². The van der Waals surface area contributed by atoms with Crippen molar-refractivity contribution in [2.75, 3.05) is 13.2 Å². The van der Waals surface area contributed by atoms with Gasteiger partial charge in [0.2, 0.25) is 0 Å². The normalized spacial score (nSPS) is 13.5. The van der Waals surface area contributed by atoms with Crippen molar-refractivity contribution in [3.8, 4) is 11.5 Å². The molecule has 1 aliphatic rings. The van der Waals surface area contributed by atoms with E-state index in [2.05, 4.69) is 16.0 Å². The molecule has 0 fully saturated rings. The highest BCUT2D eigenvalue weighted by molar-refractivity contribution is 7.98. The molecular weight excluding hydrogens is 340 g/mol. The SMILES string of the molecule is Clc1cc(CSc2ncnc3sccc23)cc2c1OCCO2. The summed E-state index contributed by atoms with van der Waals surface area (Å²) in [4.78, 5) is 9.65. The first-order valence-corrected chi connectivity index (χ1v) is 8.94. The maximum absolute atomic E-state index is 6.27. The Morgan fingerprint density at radius 3 is 3.09 bits per heavy atom. The third-order valence-electron chi connectivity index (χ3n) is 3.26. The van der Waals surface area contributed by atoms with E-state index in [1.54, 1.807) is 29.4 Å². The van der Waals surface area contributed by atoms with E-state index in [0.717, 1.165) is 32.3 Å². The summed E-state index contributed by atoms with van der Waals surface area (Å²) < 4.78 is 11.1. The number of halogens is 1. The summed E-state index contributed by atoms with van der Waals surface area (Å²) >= 11 is 9.56. The van der Waals surface area contributed by atoms with Crippen molar-refractivity contribution < 1.29 is 9.47 Å². The van der Waals surface area contributed by atoms with Crippen molar-refractivity contribution in [2.24, 2.45) is 0 Å². The Kier molecular flexibility index (Phi) is 3.82. The summed E-state index contributed by atoms with van der Waals surface area (Å²) in [5, 5.41) is 4.71. The lowest BCUT2D eigenvalue weighted by atomic mass is 10.2. The zero-order valence-electron chi connectivity index (χ0n) is 11.4. The van der Waals surface area contributed by atoms with Crippen molar-refractivity contribution in [1.29, 1.82) is 0 Å². The van der Waals surface area contributed by atoms with Gasteiger partial charge in [-0.15, -0.1) is 23.1 Å². The van der Waals surface area contributed by atoms with Gasteiger partial charge in [-0.05, 0) is 29.1 Å². The molecule has 4 rings (SSSR count). The number of aromatic nitrogens is 2. The van der Waals surface area contributed by atoms with E-state index >= 15 is 0 Å². The molecule has 1 aromatic carbocycles. The van der Waals surface area contributed by atoms with Gasteiger partial charge < -0.3 is 9.47 Å². The predicted octanol–water partition coefficient (Wildman–Crippen LogP) is 4.41. The lowest BCUT2D eigenvalue weighted by Gasteiger charge is -2.20. The minimum atomic E-state index is 0.540. The second-order valence-electron chi connectivity index (χ2n) is 4.71. The second kappa shape index (κ2) is 5.95. The van der Waals surface area contributed by atoms with Gasteiger partial charge in [0.25, 0.3) is 0 Å². The number of benzene rings is 1. The zero-order chi connectivity index (χ0) is 14.9. The van der Waals surface area contributed by atoms with Crippen LogP contribution in [0.1, 0.15) is 5.56 Å². The van der Waals surface area contributed by atoms with Crippen molar-refractivity contribution in [3.63, 3.8) is 0 Å². The van der Waals surface area contributed by atoms with Crippen LogP contribution < -0.4 is 9.47 Å². The third kappa shape index (κ3) is 2.62. The van der Waals surface area contributed by atoms with E-state index in [1.165, 1.54) is 0 Å². The first-order chi connectivity index (χ1) is 10.8. The van der Waals surface area contributed by atoms with Crippen LogP contribution in [0.25, 0.3) is 10.2 Å². The molecule has 0 spiro atoms. The standard InChI is InChI=1S/C15H11ClN2O2S2/c16-11-5-9(6-12-13(11)20-3-2-19-12)7-22-15-10-1-4-21-14(10)17-8-18-15/h1,4-6,8H,2-3,7H2. The van der Waals surface area contributed by atoms with Crippen LogP contribution in [0.4, 0.5) is 0 Å². The summed E-state index contributed by atoms with van der Waals surface area (Å²) in [5.74, 6) is 2.12. The Hall–Kier alpha value is -1.50. The largest absolute Gasteiger partial charge is 0.486 e. The maximum Gasteiger partial charge on any atom is 0.179 e. The smallest absolute Gasteiger partial charge is 0.179 e. The highest BCUT2D eigenvalue weighted by atomic mass is 35.5.